The maximum atomic E-state index is 9.65. The minimum Gasteiger partial charge on any atom is -0.508 e. The maximum absolute atomic E-state index is 9.65. The zero-order chi connectivity index (χ0) is 23.6. The average Bonchev–Trinajstić information content (AvgIpc) is 2.74. The van der Waals surface area contributed by atoms with Crippen LogP contribution < -0.4 is 16.5 Å². The summed E-state index contributed by atoms with van der Waals surface area (Å²) in [4.78, 5) is 6.42. The van der Waals surface area contributed by atoms with E-state index in [1.807, 2.05) is 13.8 Å². The second kappa shape index (κ2) is 17.5. The van der Waals surface area contributed by atoms with Crippen molar-refractivity contribution in [1.82, 2.24) is 20.6 Å². The molecule has 0 saturated heterocycles. The van der Waals surface area contributed by atoms with Crippen molar-refractivity contribution in [2.24, 2.45) is 5.10 Å². The van der Waals surface area contributed by atoms with Crippen molar-refractivity contribution in [2.75, 3.05) is 31.9 Å². The van der Waals surface area contributed by atoms with Crippen molar-refractivity contribution in [1.29, 1.82) is 0 Å². The first kappa shape index (κ1) is 28.8. The highest BCUT2D eigenvalue weighted by molar-refractivity contribution is 7.80. The molecule has 0 aliphatic heterocycles. The highest BCUT2D eigenvalue weighted by Gasteiger charge is 2.10. The molecule has 7 nitrogen and oxygen atoms in total. The first-order chi connectivity index (χ1) is 14.8. The number of aliphatic hydroxyl groups is 1. The van der Waals surface area contributed by atoms with Crippen LogP contribution in [0.3, 0.4) is 0 Å². The summed E-state index contributed by atoms with van der Waals surface area (Å²) in [5.74, 6) is 0.265. The number of nitrogens with two attached hydrogens (primary N) is 1. The zero-order valence-electron chi connectivity index (χ0n) is 19.3. The number of nitrogens with one attached hydrogen (secondary N) is 2. The molecule has 0 atom stereocenters. The molecule has 1 aromatic heterocycles. The number of halogens is 1. The van der Waals surface area contributed by atoms with Crippen molar-refractivity contribution in [3.8, 4) is 0 Å². The van der Waals surface area contributed by atoms with E-state index in [2.05, 4.69) is 46.5 Å². The number of thiocarbonyl (C=S) groups is 1. The lowest BCUT2D eigenvalue weighted by molar-refractivity contribution is 0.318. The largest absolute Gasteiger partial charge is 0.508 e. The van der Waals surface area contributed by atoms with Crippen LogP contribution in [0.2, 0.25) is 5.02 Å². The number of likely N-dealkylation sites (N-methyl/N-ethyl adjacent to an activating group) is 1. The molecule has 0 unspecified atom stereocenters. The Morgan fingerprint density at radius 1 is 1.35 bits per heavy atom. The molecule has 0 radical (unpaired) electrons. The Hall–Kier alpha value is -2.16. The number of pyridine rings is 1. The molecule has 1 heterocycles. The smallest absolute Gasteiger partial charge is 0.187 e. The molecule has 0 spiro atoms. The van der Waals surface area contributed by atoms with Gasteiger partial charge in [0.05, 0.1) is 16.4 Å². The Morgan fingerprint density at radius 3 is 2.61 bits per heavy atom. The summed E-state index contributed by atoms with van der Waals surface area (Å²) < 4.78 is 0. The number of anilines is 1. The highest BCUT2D eigenvalue weighted by Crippen LogP contribution is 2.21. The molecular weight excluding hydrogens is 432 g/mol. The van der Waals surface area contributed by atoms with Gasteiger partial charge in [0.25, 0.3) is 0 Å². The van der Waals surface area contributed by atoms with Gasteiger partial charge in [-0.05, 0) is 50.3 Å². The number of rotatable bonds is 10. The van der Waals surface area contributed by atoms with E-state index in [4.69, 9.17) is 29.6 Å². The van der Waals surface area contributed by atoms with Gasteiger partial charge in [-0.3, -0.25) is 15.3 Å². The minimum atomic E-state index is 0.265. The summed E-state index contributed by atoms with van der Waals surface area (Å²) in [6.07, 6.45) is 8.71. The van der Waals surface area contributed by atoms with E-state index in [1.165, 1.54) is 6.42 Å². The SMILES string of the molecule is C/C=C\C(O)=C/CN(CC)CCNC(=S)N/N=C(/CC)c1nccc(Cl)c1N.CCC. The van der Waals surface area contributed by atoms with Crippen LogP contribution in [-0.2, 0) is 0 Å². The molecule has 0 amide bonds. The topological polar surface area (TPSA) is 98.8 Å². The fourth-order valence-electron chi connectivity index (χ4n) is 2.30. The molecule has 0 aliphatic carbocycles. The first-order valence-electron chi connectivity index (χ1n) is 10.6. The predicted molar refractivity (Wildman–Crippen MR) is 138 cm³/mol. The van der Waals surface area contributed by atoms with Gasteiger partial charge in [-0.25, -0.2) is 0 Å². The number of hydrogen-bond acceptors (Lipinski definition) is 6. The molecule has 1 rings (SSSR count). The third kappa shape index (κ3) is 12.3. The second-order valence-corrected chi connectivity index (χ2v) is 7.38. The normalized spacial score (nSPS) is 12.0. The van der Waals surface area contributed by atoms with Crippen LogP contribution in [0.1, 0.15) is 53.2 Å². The van der Waals surface area contributed by atoms with E-state index >= 15 is 0 Å². The van der Waals surface area contributed by atoms with Gasteiger partial charge in [0.2, 0.25) is 0 Å². The molecule has 0 bridgehead atoms. The van der Waals surface area contributed by atoms with Crippen LogP contribution in [0.5, 0.6) is 0 Å². The third-order valence-corrected chi connectivity index (χ3v) is 4.46. The van der Waals surface area contributed by atoms with E-state index in [0.717, 1.165) is 13.1 Å². The van der Waals surface area contributed by atoms with Gasteiger partial charge in [0, 0.05) is 25.8 Å². The van der Waals surface area contributed by atoms with Crippen molar-refractivity contribution >= 4 is 40.3 Å². The maximum Gasteiger partial charge on any atom is 0.187 e. The molecule has 5 N–H and O–H groups in total. The molecule has 0 saturated carbocycles. The Bertz CT molecular complexity index is 752. The Morgan fingerprint density at radius 2 is 2.03 bits per heavy atom. The minimum absolute atomic E-state index is 0.265. The van der Waals surface area contributed by atoms with Crippen LogP contribution in [0.4, 0.5) is 5.69 Å². The number of hydrazone groups is 1. The molecule has 0 aromatic carbocycles. The van der Waals surface area contributed by atoms with E-state index in [-0.39, 0.29) is 5.76 Å². The van der Waals surface area contributed by atoms with Crippen LogP contribution in [-0.4, -0.2) is 52.0 Å². The van der Waals surface area contributed by atoms with Crippen molar-refractivity contribution in [2.45, 2.75) is 47.5 Å². The molecule has 174 valence electrons. The van der Waals surface area contributed by atoms with Crippen LogP contribution in [0.15, 0.2) is 41.4 Å². The second-order valence-electron chi connectivity index (χ2n) is 6.56. The lowest BCUT2D eigenvalue weighted by Gasteiger charge is -2.19. The van der Waals surface area contributed by atoms with E-state index in [0.29, 0.717) is 46.7 Å². The van der Waals surface area contributed by atoms with Gasteiger partial charge in [0.1, 0.15) is 11.5 Å². The summed E-state index contributed by atoms with van der Waals surface area (Å²) in [5.41, 5.74) is 10.4. The van der Waals surface area contributed by atoms with Crippen molar-refractivity contribution in [3.63, 3.8) is 0 Å². The molecular formula is C22H37ClN6OS. The van der Waals surface area contributed by atoms with Gasteiger partial charge in [-0.1, -0.05) is 51.8 Å². The van der Waals surface area contributed by atoms with Crippen LogP contribution >= 0.6 is 23.8 Å². The van der Waals surface area contributed by atoms with E-state index < -0.39 is 0 Å². The third-order valence-electron chi connectivity index (χ3n) is 3.89. The standard InChI is InChI=1S/C19H29ClN6OS.C3H8/c1-4-7-14(27)9-12-26(6-3)13-11-23-19(28)25-24-16(5-2)18-17(21)15(20)8-10-22-18;1-3-2/h4,7-10,27H,5-6,11-13,21H2,1-3H3,(H2,23,25,28);3H2,1-2H3/b7-4-,14-9+,24-16-;. The van der Waals surface area contributed by atoms with Gasteiger partial charge >= 0.3 is 0 Å². The lowest BCUT2D eigenvalue weighted by Crippen LogP contribution is -2.39. The van der Waals surface area contributed by atoms with Crippen LogP contribution in [0.25, 0.3) is 0 Å². The fourth-order valence-corrected chi connectivity index (χ4v) is 2.60. The monoisotopic (exact) mass is 468 g/mol. The van der Waals surface area contributed by atoms with Gasteiger partial charge in [-0.15, -0.1) is 0 Å². The number of allylic oxidation sites excluding steroid dienone is 2. The summed E-state index contributed by atoms with van der Waals surface area (Å²) in [6.45, 7) is 13.1. The van der Waals surface area contributed by atoms with Gasteiger partial charge in [0.15, 0.2) is 5.11 Å². The Kier molecular flexibility index (Phi) is 16.3. The first-order valence-corrected chi connectivity index (χ1v) is 11.4. The number of aliphatic hydroxyl groups excluding tert-OH is 1. The highest BCUT2D eigenvalue weighted by atomic mass is 35.5. The molecule has 1 aromatic rings. The van der Waals surface area contributed by atoms with E-state index in [9.17, 15) is 5.11 Å². The molecule has 31 heavy (non-hydrogen) atoms. The van der Waals surface area contributed by atoms with Gasteiger partial charge < -0.3 is 16.2 Å². The van der Waals surface area contributed by atoms with Crippen molar-refractivity contribution in [3.05, 3.63) is 47.0 Å². The molecule has 0 aliphatic rings. The number of nitrogens with zero attached hydrogens (tertiary/aromatic N) is 3. The Labute approximate surface area is 197 Å². The molecule has 9 heteroatoms. The Balaban J connectivity index is 0.00000282. The van der Waals surface area contributed by atoms with Crippen molar-refractivity contribution < 1.29 is 5.11 Å². The summed E-state index contributed by atoms with van der Waals surface area (Å²) in [5, 5.41) is 17.9. The van der Waals surface area contributed by atoms with Gasteiger partial charge in [-0.2, -0.15) is 5.10 Å². The predicted octanol–water partition coefficient (Wildman–Crippen LogP) is 4.65. The van der Waals surface area contributed by atoms with E-state index in [1.54, 1.807) is 30.5 Å². The quantitative estimate of drug-likeness (QED) is 0.130. The summed E-state index contributed by atoms with van der Waals surface area (Å²) in [7, 11) is 0. The number of nitrogen functional groups attached to an aromatic ring is 1. The fraction of sp³-hybridized carbons (Fsp3) is 0.500. The number of aromatic nitrogens is 1. The summed E-state index contributed by atoms with van der Waals surface area (Å²) in [6, 6.07) is 1.64. The zero-order valence-corrected chi connectivity index (χ0v) is 20.9. The number of hydrogen-bond donors (Lipinski definition) is 4. The lowest BCUT2D eigenvalue weighted by atomic mass is 10.1. The summed E-state index contributed by atoms with van der Waals surface area (Å²) >= 11 is 11.3. The van der Waals surface area contributed by atoms with Crippen LogP contribution in [0, 0.1) is 0 Å². The molecule has 0 fully saturated rings. The average molecular weight is 469 g/mol.